The Bertz CT molecular complexity index is 799. The Hall–Kier alpha value is -3.02. The zero-order valence-corrected chi connectivity index (χ0v) is 16.2. The van der Waals surface area contributed by atoms with Crippen LogP contribution in [0.15, 0.2) is 48.5 Å². The minimum Gasteiger partial charge on any atom is -0.494 e. The maximum atomic E-state index is 12.6. The lowest BCUT2D eigenvalue weighted by molar-refractivity contribution is -0.114. The van der Waals surface area contributed by atoms with Gasteiger partial charge in [-0.05, 0) is 68.7 Å². The van der Waals surface area contributed by atoms with E-state index in [0.717, 1.165) is 37.4 Å². The number of benzene rings is 2. The number of likely N-dealkylation sites (tertiary alicyclic amines) is 1. The number of carbonyl (C=O) groups excluding carboxylic acids is 2. The molecule has 1 heterocycles. The average Bonchev–Trinajstić information content (AvgIpc) is 2.74. The fraction of sp³-hybridized carbons (Fsp3) is 0.364. The van der Waals surface area contributed by atoms with Crippen LogP contribution >= 0.6 is 0 Å². The summed E-state index contributed by atoms with van der Waals surface area (Å²) in [6, 6.07) is 14.6. The molecule has 28 heavy (non-hydrogen) atoms. The van der Waals surface area contributed by atoms with Crippen molar-refractivity contribution in [1.82, 2.24) is 4.90 Å². The van der Waals surface area contributed by atoms with E-state index in [1.54, 1.807) is 18.2 Å². The molecule has 0 unspecified atom stereocenters. The van der Waals surface area contributed by atoms with Crippen molar-refractivity contribution in [3.05, 3.63) is 54.1 Å². The molecule has 6 heteroatoms. The van der Waals surface area contributed by atoms with Crippen LogP contribution in [-0.2, 0) is 4.79 Å². The minimum absolute atomic E-state index is 0.0576. The van der Waals surface area contributed by atoms with Crippen LogP contribution in [0.3, 0.4) is 0 Å². The molecule has 0 aromatic heterocycles. The number of nitrogens with one attached hydrogen (secondary N) is 2. The highest BCUT2D eigenvalue weighted by Gasteiger charge is 2.18. The molecular weight excluding hydrogens is 354 g/mol. The summed E-state index contributed by atoms with van der Waals surface area (Å²) in [4.78, 5) is 26.7. The zero-order valence-electron chi connectivity index (χ0n) is 16.2. The molecule has 1 saturated heterocycles. The highest BCUT2D eigenvalue weighted by molar-refractivity contribution is 5.96. The van der Waals surface area contributed by atoms with Crippen molar-refractivity contribution in [3.63, 3.8) is 0 Å². The smallest absolute Gasteiger partial charge is 0.253 e. The van der Waals surface area contributed by atoms with E-state index in [4.69, 9.17) is 4.74 Å². The first-order valence-corrected chi connectivity index (χ1v) is 9.81. The van der Waals surface area contributed by atoms with Gasteiger partial charge >= 0.3 is 0 Å². The van der Waals surface area contributed by atoms with Crippen LogP contribution in [0, 0.1) is 0 Å². The maximum absolute atomic E-state index is 12.6. The van der Waals surface area contributed by atoms with Crippen molar-refractivity contribution in [2.24, 2.45) is 0 Å². The molecular formula is C22H27N3O3. The second-order valence-electron chi connectivity index (χ2n) is 6.79. The van der Waals surface area contributed by atoms with Gasteiger partial charge in [0.25, 0.3) is 5.91 Å². The number of anilines is 2. The molecule has 6 nitrogen and oxygen atoms in total. The lowest BCUT2D eigenvalue weighted by Gasteiger charge is -2.26. The van der Waals surface area contributed by atoms with Gasteiger partial charge in [0, 0.05) is 30.0 Å². The molecule has 1 fully saturated rings. The van der Waals surface area contributed by atoms with Gasteiger partial charge in [0.15, 0.2) is 0 Å². The van der Waals surface area contributed by atoms with E-state index in [9.17, 15) is 9.59 Å². The first-order valence-electron chi connectivity index (χ1n) is 9.81. The monoisotopic (exact) mass is 381 g/mol. The Balaban J connectivity index is 1.52. The van der Waals surface area contributed by atoms with E-state index in [2.05, 4.69) is 10.6 Å². The van der Waals surface area contributed by atoms with Crippen LogP contribution in [-0.4, -0.2) is 43.0 Å². The number of hydrogen-bond donors (Lipinski definition) is 2. The summed E-state index contributed by atoms with van der Waals surface area (Å²) >= 11 is 0. The lowest BCUT2D eigenvalue weighted by Crippen LogP contribution is -2.35. The van der Waals surface area contributed by atoms with E-state index in [-0.39, 0.29) is 18.4 Å². The van der Waals surface area contributed by atoms with Crippen molar-refractivity contribution in [2.45, 2.75) is 26.2 Å². The molecule has 0 spiro atoms. The maximum Gasteiger partial charge on any atom is 0.253 e. The van der Waals surface area contributed by atoms with Crippen LogP contribution < -0.4 is 15.4 Å². The Morgan fingerprint density at radius 1 is 1.00 bits per heavy atom. The van der Waals surface area contributed by atoms with Gasteiger partial charge in [-0.25, -0.2) is 0 Å². The molecule has 0 saturated carbocycles. The van der Waals surface area contributed by atoms with Crippen molar-refractivity contribution >= 4 is 23.2 Å². The summed E-state index contributed by atoms with van der Waals surface area (Å²) < 4.78 is 5.39. The second kappa shape index (κ2) is 9.78. The van der Waals surface area contributed by atoms with Gasteiger partial charge in [-0.15, -0.1) is 0 Å². The Morgan fingerprint density at radius 2 is 1.75 bits per heavy atom. The molecule has 2 amide bonds. The third kappa shape index (κ3) is 5.49. The zero-order chi connectivity index (χ0) is 19.8. The summed E-state index contributed by atoms with van der Waals surface area (Å²) in [6.45, 7) is 4.29. The number of piperidine rings is 1. The van der Waals surface area contributed by atoms with Crippen molar-refractivity contribution in [3.8, 4) is 5.75 Å². The second-order valence-corrected chi connectivity index (χ2v) is 6.79. The first-order chi connectivity index (χ1) is 13.7. The largest absolute Gasteiger partial charge is 0.494 e. The highest BCUT2D eigenvalue weighted by atomic mass is 16.5. The summed E-state index contributed by atoms with van der Waals surface area (Å²) in [5, 5.41) is 5.93. The van der Waals surface area contributed by atoms with Crippen molar-refractivity contribution in [1.29, 1.82) is 0 Å². The standard InChI is InChI=1S/C22H27N3O3/c1-2-28-20-11-9-18(10-12-20)24-21(26)16-23-19-8-6-7-17(15-19)22(27)25-13-4-3-5-14-25/h6-12,15,23H,2-5,13-14,16H2,1H3,(H,24,26). The average molecular weight is 381 g/mol. The van der Waals surface area contributed by atoms with E-state index in [1.165, 1.54) is 6.42 Å². The molecule has 1 aliphatic heterocycles. The molecule has 148 valence electrons. The first kappa shape index (κ1) is 19.7. The summed E-state index contributed by atoms with van der Waals surface area (Å²) in [6.07, 6.45) is 3.32. The van der Waals surface area contributed by atoms with E-state index in [1.807, 2.05) is 42.2 Å². The fourth-order valence-electron chi connectivity index (χ4n) is 3.23. The minimum atomic E-state index is -0.156. The number of ether oxygens (including phenoxy) is 1. The van der Waals surface area contributed by atoms with E-state index >= 15 is 0 Å². The third-order valence-electron chi connectivity index (χ3n) is 4.65. The topological polar surface area (TPSA) is 70.7 Å². The third-order valence-corrected chi connectivity index (χ3v) is 4.65. The number of carbonyl (C=O) groups is 2. The Morgan fingerprint density at radius 3 is 2.46 bits per heavy atom. The van der Waals surface area contributed by atoms with Gasteiger partial charge < -0.3 is 20.3 Å². The predicted octanol–water partition coefficient (Wildman–Crippen LogP) is 3.76. The molecule has 0 radical (unpaired) electrons. The molecule has 3 rings (SSSR count). The quantitative estimate of drug-likeness (QED) is 0.766. The van der Waals surface area contributed by atoms with Crippen LogP contribution in [0.25, 0.3) is 0 Å². The van der Waals surface area contributed by atoms with Crippen LogP contribution in [0.1, 0.15) is 36.5 Å². The van der Waals surface area contributed by atoms with Crippen LogP contribution in [0.5, 0.6) is 5.75 Å². The normalized spacial score (nSPS) is 13.7. The van der Waals surface area contributed by atoms with Crippen LogP contribution in [0.2, 0.25) is 0 Å². The van der Waals surface area contributed by atoms with E-state index in [0.29, 0.717) is 17.9 Å². The number of amides is 2. The molecule has 2 N–H and O–H groups in total. The van der Waals surface area contributed by atoms with E-state index < -0.39 is 0 Å². The van der Waals surface area contributed by atoms with Crippen molar-refractivity contribution in [2.75, 3.05) is 36.9 Å². The molecule has 2 aromatic rings. The van der Waals surface area contributed by atoms with Gasteiger partial charge in [-0.1, -0.05) is 6.07 Å². The van der Waals surface area contributed by atoms with Gasteiger partial charge in [0.05, 0.1) is 13.2 Å². The van der Waals surface area contributed by atoms with Gasteiger partial charge in [0.1, 0.15) is 5.75 Å². The van der Waals surface area contributed by atoms with Gasteiger partial charge in [0.2, 0.25) is 5.91 Å². The number of nitrogens with zero attached hydrogens (tertiary/aromatic N) is 1. The number of rotatable bonds is 7. The lowest BCUT2D eigenvalue weighted by atomic mass is 10.1. The summed E-state index contributed by atoms with van der Waals surface area (Å²) in [5.41, 5.74) is 2.12. The molecule has 0 bridgehead atoms. The predicted molar refractivity (Wildman–Crippen MR) is 111 cm³/mol. The number of hydrogen-bond acceptors (Lipinski definition) is 4. The summed E-state index contributed by atoms with van der Waals surface area (Å²) in [7, 11) is 0. The summed E-state index contributed by atoms with van der Waals surface area (Å²) in [5.74, 6) is 0.674. The fourth-order valence-corrected chi connectivity index (χ4v) is 3.23. The molecule has 0 aliphatic carbocycles. The Labute approximate surface area is 165 Å². The van der Waals surface area contributed by atoms with Gasteiger partial charge in [-0.2, -0.15) is 0 Å². The van der Waals surface area contributed by atoms with Gasteiger partial charge in [-0.3, -0.25) is 9.59 Å². The van der Waals surface area contributed by atoms with Crippen LogP contribution in [0.4, 0.5) is 11.4 Å². The van der Waals surface area contributed by atoms with Crippen molar-refractivity contribution < 1.29 is 14.3 Å². The highest BCUT2D eigenvalue weighted by Crippen LogP contribution is 2.17. The molecule has 0 atom stereocenters. The SMILES string of the molecule is CCOc1ccc(NC(=O)CNc2cccc(C(=O)N3CCCCC3)c2)cc1. The Kier molecular flexibility index (Phi) is 6.89. The molecule has 2 aromatic carbocycles. The molecule has 1 aliphatic rings.